The molecule has 1 N–H and O–H groups in total. The molecule has 2 aliphatic carbocycles. The van der Waals surface area contributed by atoms with Gasteiger partial charge in [0.15, 0.2) is 0 Å². The molecule has 2 saturated carbocycles. The Balaban J connectivity index is 1.64. The molecule has 0 spiro atoms. The van der Waals surface area contributed by atoms with E-state index in [9.17, 15) is 0 Å². The van der Waals surface area contributed by atoms with Crippen molar-refractivity contribution in [3.05, 3.63) is 29.3 Å². The van der Waals surface area contributed by atoms with Crippen LogP contribution in [0.1, 0.15) is 56.1 Å². The van der Waals surface area contributed by atoms with Crippen LogP contribution < -0.4 is 10.2 Å². The molecule has 2 heteroatoms. The van der Waals surface area contributed by atoms with E-state index in [1.54, 1.807) is 0 Å². The van der Waals surface area contributed by atoms with Crippen molar-refractivity contribution in [3.63, 3.8) is 0 Å². The molecule has 0 bridgehead atoms. The topological polar surface area (TPSA) is 15.3 Å². The highest BCUT2D eigenvalue weighted by molar-refractivity contribution is 5.51. The van der Waals surface area contributed by atoms with E-state index in [1.165, 1.54) is 61.8 Å². The Kier molecular flexibility index (Phi) is 4.30. The molecule has 0 atom stereocenters. The molecular weight excluding hydrogens is 244 g/mol. The van der Waals surface area contributed by atoms with E-state index in [-0.39, 0.29) is 0 Å². The van der Waals surface area contributed by atoms with Crippen molar-refractivity contribution in [1.29, 1.82) is 0 Å². The zero-order chi connectivity index (χ0) is 13.9. The molecule has 2 nitrogen and oxygen atoms in total. The second kappa shape index (κ2) is 6.17. The fraction of sp³-hybridized carbons (Fsp3) is 0.667. The smallest absolute Gasteiger partial charge is 0.0368 e. The normalized spacial score (nSPS) is 20.1. The van der Waals surface area contributed by atoms with Gasteiger partial charge in [-0.25, -0.2) is 0 Å². The minimum atomic E-state index is 0.749. The van der Waals surface area contributed by atoms with Crippen LogP contribution in [-0.2, 0) is 6.54 Å². The number of nitrogens with one attached hydrogen (secondary N) is 1. The summed E-state index contributed by atoms with van der Waals surface area (Å²) in [7, 11) is 2.27. The molecular formula is C18H28N2. The van der Waals surface area contributed by atoms with Crippen LogP contribution >= 0.6 is 0 Å². The minimum Gasteiger partial charge on any atom is -0.372 e. The van der Waals surface area contributed by atoms with Crippen molar-refractivity contribution in [2.45, 2.75) is 70.5 Å². The van der Waals surface area contributed by atoms with Crippen molar-refractivity contribution in [1.82, 2.24) is 5.32 Å². The third-order valence-corrected chi connectivity index (χ3v) is 5.01. The molecule has 0 unspecified atom stereocenters. The van der Waals surface area contributed by atoms with Crippen molar-refractivity contribution in [3.8, 4) is 0 Å². The molecule has 0 aromatic heterocycles. The fourth-order valence-corrected chi connectivity index (χ4v) is 3.32. The van der Waals surface area contributed by atoms with E-state index in [0.717, 1.165) is 18.6 Å². The highest BCUT2D eigenvalue weighted by Gasteiger charge is 2.21. The number of benzene rings is 1. The molecule has 0 radical (unpaired) electrons. The van der Waals surface area contributed by atoms with Crippen LogP contribution in [0.4, 0.5) is 5.69 Å². The van der Waals surface area contributed by atoms with Gasteiger partial charge in [-0.1, -0.05) is 25.3 Å². The molecule has 2 fully saturated rings. The number of hydrogen-bond donors (Lipinski definition) is 1. The Morgan fingerprint density at radius 1 is 1.10 bits per heavy atom. The van der Waals surface area contributed by atoms with Crippen LogP contribution in [0.5, 0.6) is 0 Å². The summed E-state index contributed by atoms with van der Waals surface area (Å²) in [4.78, 5) is 2.50. The predicted octanol–water partition coefficient (Wildman–Crippen LogP) is 4.02. The SMILES string of the molecule is Cc1cc(N(C)C2CCCCC2)ccc1CNC1CC1. The molecule has 1 aromatic rings. The van der Waals surface area contributed by atoms with Crippen molar-refractivity contribution >= 4 is 5.69 Å². The molecule has 0 amide bonds. The Labute approximate surface area is 123 Å². The van der Waals surface area contributed by atoms with Crippen LogP contribution in [0, 0.1) is 6.92 Å². The van der Waals surface area contributed by atoms with E-state index >= 15 is 0 Å². The van der Waals surface area contributed by atoms with E-state index in [0.29, 0.717) is 0 Å². The third-order valence-electron chi connectivity index (χ3n) is 5.01. The second-order valence-corrected chi connectivity index (χ2v) is 6.67. The van der Waals surface area contributed by atoms with Crippen molar-refractivity contribution in [2.75, 3.05) is 11.9 Å². The van der Waals surface area contributed by atoms with Gasteiger partial charge in [0, 0.05) is 31.4 Å². The lowest BCUT2D eigenvalue weighted by Crippen LogP contribution is -2.33. The van der Waals surface area contributed by atoms with E-state index in [1.807, 2.05) is 0 Å². The summed E-state index contributed by atoms with van der Waals surface area (Å²) in [6.07, 6.45) is 9.67. The summed E-state index contributed by atoms with van der Waals surface area (Å²) >= 11 is 0. The van der Waals surface area contributed by atoms with Crippen LogP contribution in [0.2, 0.25) is 0 Å². The maximum absolute atomic E-state index is 3.61. The van der Waals surface area contributed by atoms with Gasteiger partial charge in [-0.05, 0) is 55.9 Å². The number of anilines is 1. The number of hydrogen-bond acceptors (Lipinski definition) is 2. The molecule has 0 aliphatic heterocycles. The largest absolute Gasteiger partial charge is 0.372 e. The molecule has 110 valence electrons. The highest BCUT2D eigenvalue weighted by atomic mass is 15.1. The lowest BCUT2D eigenvalue weighted by molar-refractivity contribution is 0.427. The van der Waals surface area contributed by atoms with Gasteiger partial charge in [0.1, 0.15) is 0 Å². The first-order chi connectivity index (χ1) is 9.74. The Bertz CT molecular complexity index is 445. The average Bonchev–Trinajstić information content (AvgIpc) is 3.30. The summed E-state index contributed by atoms with van der Waals surface area (Å²) in [5, 5.41) is 3.61. The quantitative estimate of drug-likeness (QED) is 0.871. The molecule has 0 saturated heterocycles. The Hall–Kier alpha value is -1.02. The van der Waals surface area contributed by atoms with Gasteiger partial charge in [0.25, 0.3) is 0 Å². The highest BCUT2D eigenvalue weighted by Crippen LogP contribution is 2.27. The number of rotatable bonds is 5. The predicted molar refractivity (Wildman–Crippen MR) is 86.3 cm³/mol. The van der Waals surface area contributed by atoms with Crippen LogP contribution in [-0.4, -0.2) is 19.1 Å². The van der Waals surface area contributed by atoms with Gasteiger partial charge < -0.3 is 10.2 Å². The first-order valence-corrected chi connectivity index (χ1v) is 8.30. The first kappa shape index (κ1) is 13.9. The van der Waals surface area contributed by atoms with E-state index < -0.39 is 0 Å². The zero-order valence-electron chi connectivity index (χ0n) is 13.0. The van der Waals surface area contributed by atoms with Crippen LogP contribution in [0.15, 0.2) is 18.2 Å². The second-order valence-electron chi connectivity index (χ2n) is 6.67. The fourth-order valence-electron chi connectivity index (χ4n) is 3.32. The van der Waals surface area contributed by atoms with Crippen molar-refractivity contribution < 1.29 is 0 Å². The lowest BCUT2D eigenvalue weighted by atomic mass is 9.94. The van der Waals surface area contributed by atoms with Gasteiger partial charge in [0.2, 0.25) is 0 Å². The van der Waals surface area contributed by atoms with Gasteiger partial charge in [-0.3, -0.25) is 0 Å². The van der Waals surface area contributed by atoms with E-state index in [2.05, 4.69) is 42.4 Å². The maximum Gasteiger partial charge on any atom is 0.0368 e. The van der Waals surface area contributed by atoms with Gasteiger partial charge in [-0.15, -0.1) is 0 Å². The zero-order valence-corrected chi connectivity index (χ0v) is 13.0. The lowest BCUT2D eigenvalue weighted by Gasteiger charge is -2.33. The summed E-state index contributed by atoms with van der Waals surface area (Å²) in [6, 6.07) is 8.54. The monoisotopic (exact) mass is 272 g/mol. The number of nitrogens with zero attached hydrogens (tertiary/aromatic N) is 1. The summed E-state index contributed by atoms with van der Waals surface area (Å²) in [5.74, 6) is 0. The average molecular weight is 272 g/mol. The molecule has 20 heavy (non-hydrogen) atoms. The van der Waals surface area contributed by atoms with Gasteiger partial charge in [-0.2, -0.15) is 0 Å². The standard InChI is InChI=1S/C18H28N2/c1-14-12-18(20(2)17-6-4-3-5-7-17)11-8-15(14)13-19-16-9-10-16/h8,11-12,16-17,19H,3-7,9-10,13H2,1-2H3. The van der Waals surface area contributed by atoms with E-state index in [4.69, 9.17) is 0 Å². The van der Waals surface area contributed by atoms with Crippen LogP contribution in [0.3, 0.4) is 0 Å². The number of aryl methyl sites for hydroxylation is 1. The molecule has 1 aromatic carbocycles. The van der Waals surface area contributed by atoms with Gasteiger partial charge >= 0.3 is 0 Å². The minimum absolute atomic E-state index is 0.749. The Morgan fingerprint density at radius 2 is 1.85 bits per heavy atom. The van der Waals surface area contributed by atoms with Crippen LogP contribution in [0.25, 0.3) is 0 Å². The third kappa shape index (κ3) is 3.35. The summed E-state index contributed by atoms with van der Waals surface area (Å²) in [5.41, 5.74) is 4.28. The van der Waals surface area contributed by atoms with Crippen molar-refractivity contribution in [2.24, 2.45) is 0 Å². The summed E-state index contributed by atoms with van der Waals surface area (Å²) in [6.45, 7) is 3.28. The molecule has 0 heterocycles. The van der Waals surface area contributed by atoms with Gasteiger partial charge in [0.05, 0.1) is 0 Å². The molecule has 3 rings (SSSR count). The first-order valence-electron chi connectivity index (χ1n) is 8.30. The summed E-state index contributed by atoms with van der Waals surface area (Å²) < 4.78 is 0. The molecule has 2 aliphatic rings. The Morgan fingerprint density at radius 3 is 2.50 bits per heavy atom. The maximum atomic E-state index is 3.61.